The zero-order valence-corrected chi connectivity index (χ0v) is 16.1. The minimum Gasteiger partial charge on any atom is -0.339 e. The lowest BCUT2D eigenvalue weighted by Gasteiger charge is -2.35. The predicted molar refractivity (Wildman–Crippen MR) is 99.7 cm³/mol. The lowest BCUT2D eigenvalue weighted by atomic mass is 10.0. The van der Waals surface area contributed by atoms with Gasteiger partial charge in [-0.05, 0) is 30.0 Å². The molecule has 2 aliphatic heterocycles. The van der Waals surface area contributed by atoms with Gasteiger partial charge in [-0.1, -0.05) is 23.7 Å². The zero-order chi connectivity index (χ0) is 18.7. The molecule has 2 saturated heterocycles. The van der Waals surface area contributed by atoms with Crippen molar-refractivity contribution in [3.8, 4) is 0 Å². The summed E-state index contributed by atoms with van der Waals surface area (Å²) in [5.74, 6) is 0.297. The maximum atomic E-state index is 12.4. The molecule has 0 N–H and O–H groups in total. The summed E-state index contributed by atoms with van der Waals surface area (Å²) in [7, 11) is -2.96. The van der Waals surface area contributed by atoms with Crippen molar-refractivity contribution in [1.29, 1.82) is 0 Å². The Morgan fingerprint density at radius 3 is 2.12 bits per heavy atom. The van der Waals surface area contributed by atoms with Gasteiger partial charge in [-0.3, -0.25) is 9.59 Å². The Hall–Kier alpha value is -1.60. The van der Waals surface area contributed by atoms with E-state index in [2.05, 4.69) is 0 Å². The molecule has 3 rings (SSSR count). The molecule has 0 aromatic heterocycles. The van der Waals surface area contributed by atoms with Crippen LogP contribution in [0.1, 0.15) is 18.4 Å². The SMILES string of the molecule is O=C(Cc1ccc(Cl)cc1)N1CCN(C(=O)C[C@H]2CCS(=O)(=O)C2)CC1. The average molecular weight is 399 g/mol. The van der Waals surface area contributed by atoms with Gasteiger partial charge in [0.2, 0.25) is 11.8 Å². The Bertz CT molecular complexity index is 771. The van der Waals surface area contributed by atoms with Crippen molar-refractivity contribution in [2.45, 2.75) is 19.3 Å². The van der Waals surface area contributed by atoms with Crippen molar-refractivity contribution >= 4 is 33.3 Å². The highest BCUT2D eigenvalue weighted by atomic mass is 35.5. The quantitative estimate of drug-likeness (QED) is 0.767. The first-order valence-corrected chi connectivity index (χ1v) is 11.0. The highest BCUT2D eigenvalue weighted by molar-refractivity contribution is 7.91. The zero-order valence-electron chi connectivity index (χ0n) is 14.6. The number of carbonyl (C=O) groups excluding carboxylic acids is 2. The van der Waals surface area contributed by atoms with Gasteiger partial charge >= 0.3 is 0 Å². The molecule has 6 nitrogen and oxygen atoms in total. The number of hydrogen-bond acceptors (Lipinski definition) is 4. The molecule has 26 heavy (non-hydrogen) atoms. The fourth-order valence-electron chi connectivity index (χ4n) is 3.50. The molecule has 8 heteroatoms. The summed E-state index contributed by atoms with van der Waals surface area (Å²) in [6.07, 6.45) is 1.19. The number of benzene rings is 1. The van der Waals surface area contributed by atoms with Crippen LogP contribution in [-0.4, -0.2) is 67.7 Å². The molecule has 0 aliphatic carbocycles. The molecule has 0 spiro atoms. The van der Waals surface area contributed by atoms with Crippen LogP contribution in [0.2, 0.25) is 5.02 Å². The van der Waals surface area contributed by atoms with Crippen LogP contribution in [0.5, 0.6) is 0 Å². The Balaban J connectivity index is 1.45. The topological polar surface area (TPSA) is 74.8 Å². The second kappa shape index (κ2) is 7.96. The van der Waals surface area contributed by atoms with Crippen molar-refractivity contribution in [3.05, 3.63) is 34.9 Å². The fraction of sp³-hybridized carbons (Fsp3) is 0.556. The van der Waals surface area contributed by atoms with Gasteiger partial charge in [-0.25, -0.2) is 8.42 Å². The van der Waals surface area contributed by atoms with Crippen molar-refractivity contribution in [1.82, 2.24) is 9.80 Å². The maximum Gasteiger partial charge on any atom is 0.227 e. The molecule has 0 bridgehead atoms. The summed E-state index contributed by atoms with van der Waals surface area (Å²) in [4.78, 5) is 28.3. The van der Waals surface area contributed by atoms with Gasteiger partial charge in [0.25, 0.3) is 0 Å². The molecule has 1 aromatic rings. The monoisotopic (exact) mass is 398 g/mol. The first kappa shape index (κ1) is 19.2. The second-order valence-corrected chi connectivity index (χ2v) is 9.70. The highest BCUT2D eigenvalue weighted by Gasteiger charge is 2.32. The predicted octanol–water partition coefficient (Wildman–Crippen LogP) is 1.38. The van der Waals surface area contributed by atoms with E-state index in [1.165, 1.54) is 0 Å². The van der Waals surface area contributed by atoms with Crippen LogP contribution in [0.3, 0.4) is 0 Å². The maximum absolute atomic E-state index is 12.4. The largest absolute Gasteiger partial charge is 0.339 e. The summed E-state index contributed by atoms with van der Waals surface area (Å²) in [6.45, 7) is 2.04. The van der Waals surface area contributed by atoms with Crippen molar-refractivity contribution in [2.75, 3.05) is 37.7 Å². The molecule has 142 valence electrons. The van der Waals surface area contributed by atoms with Crippen LogP contribution < -0.4 is 0 Å². The van der Waals surface area contributed by atoms with Gasteiger partial charge < -0.3 is 9.80 Å². The molecule has 2 heterocycles. The summed E-state index contributed by atoms with van der Waals surface area (Å²) in [5.41, 5.74) is 0.917. The van der Waals surface area contributed by atoms with E-state index < -0.39 is 9.84 Å². The van der Waals surface area contributed by atoms with Crippen LogP contribution >= 0.6 is 11.6 Å². The van der Waals surface area contributed by atoms with Gasteiger partial charge in [-0.15, -0.1) is 0 Å². The molecule has 2 amide bonds. The molecule has 2 fully saturated rings. The number of hydrogen-bond donors (Lipinski definition) is 0. The third-order valence-electron chi connectivity index (χ3n) is 5.04. The van der Waals surface area contributed by atoms with Gasteiger partial charge in [0.15, 0.2) is 9.84 Å². The van der Waals surface area contributed by atoms with Gasteiger partial charge in [-0.2, -0.15) is 0 Å². The number of carbonyl (C=O) groups is 2. The summed E-state index contributed by atoms with van der Waals surface area (Å²) in [5, 5.41) is 0.642. The smallest absolute Gasteiger partial charge is 0.227 e. The molecule has 0 radical (unpaired) electrons. The minimum absolute atomic E-state index is 0.00287. The van der Waals surface area contributed by atoms with Crippen LogP contribution in [0, 0.1) is 5.92 Å². The Kier molecular flexibility index (Phi) is 5.87. The lowest BCUT2D eigenvalue weighted by Crippen LogP contribution is -2.51. The van der Waals surface area contributed by atoms with E-state index in [0.717, 1.165) is 5.56 Å². The normalized spacial score (nSPS) is 22.4. The standard InChI is InChI=1S/C18H23ClN2O4S/c19-16-3-1-14(2-4-16)11-17(22)20-6-8-21(9-7-20)18(23)12-15-5-10-26(24,25)13-15/h1-4,15H,5-13H2/t15-/m1/s1. The molecular formula is C18H23ClN2O4S. The number of amides is 2. The number of piperazine rings is 1. The summed E-state index contributed by atoms with van der Waals surface area (Å²) < 4.78 is 23.0. The van der Waals surface area contributed by atoms with Crippen molar-refractivity contribution in [3.63, 3.8) is 0 Å². The Labute approximate surface area is 159 Å². The van der Waals surface area contributed by atoms with Crippen LogP contribution in [-0.2, 0) is 25.8 Å². The Morgan fingerprint density at radius 1 is 1.00 bits per heavy atom. The van der Waals surface area contributed by atoms with Crippen LogP contribution in [0.25, 0.3) is 0 Å². The van der Waals surface area contributed by atoms with E-state index in [4.69, 9.17) is 11.6 Å². The molecular weight excluding hydrogens is 376 g/mol. The fourth-order valence-corrected chi connectivity index (χ4v) is 5.49. The molecule has 2 aliphatic rings. The number of rotatable bonds is 4. The number of sulfone groups is 1. The second-order valence-electron chi connectivity index (χ2n) is 7.04. The first-order chi connectivity index (χ1) is 12.3. The van der Waals surface area contributed by atoms with E-state index in [0.29, 0.717) is 44.0 Å². The van der Waals surface area contributed by atoms with E-state index in [9.17, 15) is 18.0 Å². The molecule has 1 atom stereocenters. The summed E-state index contributed by atoms with van der Waals surface area (Å²) in [6, 6.07) is 7.22. The average Bonchev–Trinajstić information content (AvgIpc) is 2.95. The van der Waals surface area contributed by atoms with E-state index >= 15 is 0 Å². The third kappa shape index (κ3) is 4.98. The third-order valence-corrected chi connectivity index (χ3v) is 7.13. The minimum atomic E-state index is -2.96. The van der Waals surface area contributed by atoms with E-state index in [-0.39, 0.29) is 35.7 Å². The van der Waals surface area contributed by atoms with Crippen molar-refractivity contribution < 1.29 is 18.0 Å². The van der Waals surface area contributed by atoms with E-state index in [1.54, 1.807) is 21.9 Å². The van der Waals surface area contributed by atoms with Gasteiger partial charge in [0, 0.05) is 37.6 Å². The van der Waals surface area contributed by atoms with Crippen LogP contribution in [0.4, 0.5) is 0 Å². The van der Waals surface area contributed by atoms with Gasteiger partial charge in [0.05, 0.1) is 17.9 Å². The first-order valence-electron chi connectivity index (χ1n) is 8.83. The molecule has 0 saturated carbocycles. The van der Waals surface area contributed by atoms with Crippen molar-refractivity contribution in [2.24, 2.45) is 5.92 Å². The van der Waals surface area contributed by atoms with Crippen LogP contribution in [0.15, 0.2) is 24.3 Å². The van der Waals surface area contributed by atoms with Gasteiger partial charge in [0.1, 0.15) is 0 Å². The highest BCUT2D eigenvalue weighted by Crippen LogP contribution is 2.22. The Morgan fingerprint density at radius 2 is 1.58 bits per heavy atom. The number of halogens is 1. The lowest BCUT2D eigenvalue weighted by molar-refractivity contribution is -0.139. The molecule has 1 aromatic carbocycles. The molecule has 0 unspecified atom stereocenters. The number of nitrogens with zero attached hydrogens (tertiary/aromatic N) is 2. The summed E-state index contributed by atoms with van der Waals surface area (Å²) >= 11 is 5.85. The van der Waals surface area contributed by atoms with E-state index in [1.807, 2.05) is 12.1 Å².